The number of carbonyl (C=O) groups is 2. The molecular formula is C14H21NO4. The highest BCUT2D eigenvalue weighted by Crippen LogP contribution is 2.21. The Kier molecular flexibility index (Phi) is 4.75. The molecule has 0 atom stereocenters. The second-order valence-corrected chi connectivity index (χ2v) is 5.10. The summed E-state index contributed by atoms with van der Waals surface area (Å²) in [7, 11) is 0. The molecule has 1 aromatic rings. The van der Waals surface area contributed by atoms with E-state index >= 15 is 0 Å². The van der Waals surface area contributed by atoms with Crippen molar-refractivity contribution in [3.63, 3.8) is 0 Å². The second kappa shape index (κ2) is 5.91. The van der Waals surface area contributed by atoms with Gasteiger partial charge in [-0.1, -0.05) is 0 Å². The normalized spacial score (nSPS) is 11.2. The minimum atomic E-state index is -0.506. The van der Waals surface area contributed by atoms with Crippen LogP contribution in [0.25, 0.3) is 0 Å². The molecule has 0 spiro atoms. The van der Waals surface area contributed by atoms with Gasteiger partial charge in [0.1, 0.15) is 0 Å². The van der Waals surface area contributed by atoms with Crippen LogP contribution in [0.2, 0.25) is 0 Å². The van der Waals surface area contributed by atoms with E-state index in [0.717, 1.165) is 0 Å². The standard InChI is InChI=1S/C14H21NO4/c1-6-18-12(16)10-8-15(14(3,4)5)9-11(10)13(17)19-7-2/h8-9H,6-7H2,1-5H3. The Morgan fingerprint density at radius 2 is 1.37 bits per heavy atom. The van der Waals surface area contributed by atoms with Crippen LogP contribution in [0.15, 0.2) is 12.4 Å². The first kappa shape index (κ1) is 15.3. The van der Waals surface area contributed by atoms with E-state index < -0.39 is 11.9 Å². The zero-order valence-corrected chi connectivity index (χ0v) is 12.1. The molecule has 5 heteroatoms. The number of hydrogen-bond acceptors (Lipinski definition) is 4. The van der Waals surface area contributed by atoms with Gasteiger partial charge in [-0.3, -0.25) is 0 Å². The first-order valence-electron chi connectivity index (χ1n) is 6.38. The van der Waals surface area contributed by atoms with Crippen LogP contribution < -0.4 is 0 Å². The molecule has 0 saturated heterocycles. The van der Waals surface area contributed by atoms with Crippen molar-refractivity contribution in [2.45, 2.75) is 40.2 Å². The van der Waals surface area contributed by atoms with E-state index in [4.69, 9.17) is 9.47 Å². The molecule has 0 unspecified atom stereocenters. The summed E-state index contributed by atoms with van der Waals surface area (Å²) in [6.45, 7) is 9.93. The molecule has 0 aliphatic heterocycles. The largest absolute Gasteiger partial charge is 0.462 e. The summed E-state index contributed by atoms with van der Waals surface area (Å²) < 4.78 is 11.7. The van der Waals surface area contributed by atoms with Crippen LogP contribution in [0.5, 0.6) is 0 Å². The van der Waals surface area contributed by atoms with Gasteiger partial charge < -0.3 is 14.0 Å². The summed E-state index contributed by atoms with van der Waals surface area (Å²) in [6, 6.07) is 0. The van der Waals surface area contributed by atoms with Crippen molar-refractivity contribution in [2.24, 2.45) is 0 Å². The van der Waals surface area contributed by atoms with E-state index in [2.05, 4.69) is 0 Å². The van der Waals surface area contributed by atoms with Gasteiger partial charge in [-0.2, -0.15) is 0 Å². The van der Waals surface area contributed by atoms with E-state index in [0.29, 0.717) is 0 Å². The molecule has 1 rings (SSSR count). The van der Waals surface area contributed by atoms with Crippen molar-refractivity contribution in [3.05, 3.63) is 23.5 Å². The van der Waals surface area contributed by atoms with Gasteiger partial charge in [-0.25, -0.2) is 9.59 Å². The van der Waals surface area contributed by atoms with E-state index in [9.17, 15) is 9.59 Å². The van der Waals surface area contributed by atoms with Crippen molar-refractivity contribution in [3.8, 4) is 0 Å². The summed E-state index contributed by atoms with van der Waals surface area (Å²) in [5, 5.41) is 0. The molecule has 0 saturated carbocycles. The SMILES string of the molecule is CCOC(=O)c1cn(C(C)(C)C)cc1C(=O)OCC. The molecule has 19 heavy (non-hydrogen) atoms. The van der Waals surface area contributed by atoms with Crippen molar-refractivity contribution in [1.82, 2.24) is 4.57 Å². The quantitative estimate of drug-likeness (QED) is 0.787. The molecule has 5 nitrogen and oxygen atoms in total. The molecule has 0 bridgehead atoms. The van der Waals surface area contributed by atoms with Crippen molar-refractivity contribution in [2.75, 3.05) is 13.2 Å². The number of hydrogen-bond donors (Lipinski definition) is 0. The van der Waals surface area contributed by atoms with Crippen molar-refractivity contribution < 1.29 is 19.1 Å². The summed E-state index contributed by atoms with van der Waals surface area (Å²) >= 11 is 0. The number of carbonyl (C=O) groups excluding carboxylic acids is 2. The van der Waals surface area contributed by atoms with E-state index in [1.54, 1.807) is 26.2 Å². The third kappa shape index (κ3) is 3.59. The molecule has 1 aromatic heterocycles. The average molecular weight is 267 g/mol. The van der Waals surface area contributed by atoms with Crippen LogP contribution in [-0.4, -0.2) is 29.7 Å². The van der Waals surface area contributed by atoms with Crippen LogP contribution in [0.3, 0.4) is 0 Å². The predicted molar refractivity (Wildman–Crippen MR) is 71.3 cm³/mol. The Balaban J connectivity index is 3.22. The summed E-state index contributed by atoms with van der Waals surface area (Å²) in [4.78, 5) is 23.7. The molecule has 0 radical (unpaired) electrons. The van der Waals surface area contributed by atoms with Crippen LogP contribution >= 0.6 is 0 Å². The van der Waals surface area contributed by atoms with Gasteiger partial charge >= 0.3 is 11.9 Å². The lowest BCUT2D eigenvalue weighted by atomic mass is 10.1. The molecule has 106 valence electrons. The van der Waals surface area contributed by atoms with Gasteiger partial charge in [-0.15, -0.1) is 0 Å². The lowest BCUT2D eigenvalue weighted by Crippen LogP contribution is -2.20. The number of nitrogens with zero attached hydrogens (tertiary/aromatic N) is 1. The molecule has 0 fully saturated rings. The van der Waals surface area contributed by atoms with Crippen LogP contribution in [0.4, 0.5) is 0 Å². The number of esters is 2. The number of ether oxygens (including phenoxy) is 2. The summed E-state index contributed by atoms with van der Waals surface area (Å²) in [5.74, 6) is -1.01. The summed E-state index contributed by atoms with van der Waals surface area (Å²) in [5.41, 5.74) is 0.261. The van der Waals surface area contributed by atoms with Crippen LogP contribution in [0.1, 0.15) is 55.3 Å². The minimum Gasteiger partial charge on any atom is -0.462 e. The molecule has 1 heterocycles. The highest BCUT2D eigenvalue weighted by molar-refractivity contribution is 6.03. The highest BCUT2D eigenvalue weighted by Gasteiger charge is 2.25. The lowest BCUT2D eigenvalue weighted by molar-refractivity contribution is 0.0480. The maximum Gasteiger partial charge on any atom is 0.340 e. The average Bonchev–Trinajstić information content (AvgIpc) is 2.74. The number of aromatic nitrogens is 1. The minimum absolute atomic E-state index is 0.230. The second-order valence-electron chi connectivity index (χ2n) is 5.10. The van der Waals surface area contributed by atoms with Crippen molar-refractivity contribution in [1.29, 1.82) is 0 Å². The Labute approximate surface area is 113 Å². The third-order valence-electron chi connectivity index (χ3n) is 2.59. The first-order chi connectivity index (χ1) is 8.81. The van der Waals surface area contributed by atoms with E-state index in [1.807, 2.05) is 25.3 Å². The molecule has 0 aromatic carbocycles. The molecule has 0 aliphatic carbocycles. The van der Waals surface area contributed by atoms with Crippen LogP contribution in [0, 0.1) is 0 Å². The third-order valence-corrected chi connectivity index (χ3v) is 2.59. The Morgan fingerprint density at radius 1 is 1.00 bits per heavy atom. The van der Waals surface area contributed by atoms with Gasteiger partial charge in [0, 0.05) is 17.9 Å². The highest BCUT2D eigenvalue weighted by atomic mass is 16.5. The topological polar surface area (TPSA) is 57.5 Å². The Hall–Kier alpha value is -1.78. The molecule has 0 aliphatic rings. The Morgan fingerprint density at radius 3 is 1.63 bits per heavy atom. The maximum absolute atomic E-state index is 11.9. The van der Waals surface area contributed by atoms with Crippen molar-refractivity contribution >= 4 is 11.9 Å². The number of rotatable bonds is 4. The Bertz CT molecular complexity index is 433. The molecular weight excluding hydrogens is 246 g/mol. The molecule has 0 N–H and O–H groups in total. The smallest absolute Gasteiger partial charge is 0.340 e. The first-order valence-corrected chi connectivity index (χ1v) is 6.38. The molecule has 0 amide bonds. The summed E-state index contributed by atoms with van der Waals surface area (Å²) in [6.07, 6.45) is 3.26. The fraction of sp³-hybridized carbons (Fsp3) is 0.571. The fourth-order valence-corrected chi connectivity index (χ4v) is 1.58. The van der Waals surface area contributed by atoms with Gasteiger partial charge in [0.2, 0.25) is 0 Å². The van der Waals surface area contributed by atoms with E-state index in [1.165, 1.54) is 0 Å². The van der Waals surface area contributed by atoms with Gasteiger partial charge in [0.05, 0.1) is 24.3 Å². The zero-order valence-electron chi connectivity index (χ0n) is 12.1. The lowest BCUT2D eigenvalue weighted by Gasteiger charge is -2.20. The van der Waals surface area contributed by atoms with E-state index in [-0.39, 0.29) is 29.9 Å². The fourth-order valence-electron chi connectivity index (χ4n) is 1.58. The van der Waals surface area contributed by atoms with Gasteiger partial charge in [-0.05, 0) is 34.6 Å². The van der Waals surface area contributed by atoms with Gasteiger partial charge in [0.25, 0.3) is 0 Å². The predicted octanol–water partition coefficient (Wildman–Crippen LogP) is 2.60. The zero-order chi connectivity index (χ0) is 14.6. The van der Waals surface area contributed by atoms with Crippen LogP contribution in [-0.2, 0) is 15.0 Å². The maximum atomic E-state index is 11.9. The monoisotopic (exact) mass is 267 g/mol. The van der Waals surface area contributed by atoms with Gasteiger partial charge in [0.15, 0.2) is 0 Å².